The van der Waals surface area contributed by atoms with Gasteiger partial charge in [0.15, 0.2) is 0 Å². The Kier molecular flexibility index (Phi) is 3.61. The third-order valence-corrected chi connectivity index (χ3v) is 6.01. The fourth-order valence-electron chi connectivity index (χ4n) is 2.92. The topological polar surface area (TPSA) is 25.8 Å². The first-order chi connectivity index (χ1) is 11.2. The van der Waals surface area contributed by atoms with Crippen molar-refractivity contribution < 1.29 is 0 Å². The summed E-state index contributed by atoms with van der Waals surface area (Å²) < 4.78 is 2.70. The van der Waals surface area contributed by atoms with Gasteiger partial charge in [-0.1, -0.05) is 57.4 Å². The summed E-state index contributed by atoms with van der Waals surface area (Å²) in [6.45, 7) is 4.22. The molecule has 4 rings (SSSR count). The molecule has 0 aliphatic heterocycles. The number of nitrogens with zero attached hydrogens (tertiary/aromatic N) is 2. The highest BCUT2D eigenvalue weighted by molar-refractivity contribution is 6.68. The molecule has 2 nitrogen and oxygen atoms in total. The maximum Gasteiger partial charge on any atom is 0.304 e. The van der Waals surface area contributed by atoms with Crippen molar-refractivity contribution in [2.75, 3.05) is 0 Å². The molecule has 0 amide bonds. The van der Waals surface area contributed by atoms with Gasteiger partial charge in [0.25, 0.3) is 0 Å². The predicted molar refractivity (Wildman–Crippen MR) is 98.0 cm³/mol. The molecule has 0 aliphatic carbocycles. The van der Waals surface area contributed by atoms with Crippen molar-refractivity contribution in [1.29, 1.82) is 0 Å². The molecule has 109 valence electrons. The molecule has 4 aromatic rings. The van der Waals surface area contributed by atoms with E-state index in [4.69, 9.17) is 9.97 Å². The lowest BCUT2D eigenvalue weighted by atomic mass is 10.2. The molecule has 1 radical (unpaired) electrons. The van der Waals surface area contributed by atoms with Crippen molar-refractivity contribution in [3.63, 3.8) is 0 Å². The van der Waals surface area contributed by atoms with Crippen LogP contribution in [-0.4, -0.2) is 25.2 Å². The molecule has 23 heavy (non-hydrogen) atoms. The molecule has 0 unspecified atom stereocenters. The fraction of sp³-hybridized carbons (Fsp3) is 0.100. The van der Waals surface area contributed by atoms with Crippen LogP contribution >= 0.6 is 0 Å². The van der Waals surface area contributed by atoms with Gasteiger partial charge in [0.2, 0.25) is 0 Å². The quantitative estimate of drug-likeness (QED) is 0.532. The van der Waals surface area contributed by atoms with Crippen LogP contribution in [0.4, 0.5) is 0 Å². The summed E-state index contributed by atoms with van der Waals surface area (Å²) in [6, 6.07) is 21.2. The van der Waals surface area contributed by atoms with Crippen LogP contribution in [0.5, 0.6) is 0 Å². The van der Waals surface area contributed by atoms with Crippen molar-refractivity contribution in [3.8, 4) is 0 Å². The number of fused-ring (bicyclic) bond motifs is 2. The first-order valence-electron chi connectivity index (χ1n) is 7.78. The van der Waals surface area contributed by atoms with Gasteiger partial charge in [-0.05, 0) is 36.8 Å². The molecule has 0 spiro atoms. The lowest BCUT2D eigenvalue weighted by Crippen LogP contribution is -2.32. The van der Waals surface area contributed by atoms with Gasteiger partial charge in [0.05, 0.1) is 11.0 Å². The number of hydrogen-bond acceptors (Lipinski definition) is 2. The summed E-state index contributed by atoms with van der Waals surface area (Å²) in [7, 11) is 0. The van der Waals surface area contributed by atoms with Gasteiger partial charge in [-0.15, -0.1) is 0 Å². The minimum atomic E-state index is -0.00874. The van der Waals surface area contributed by atoms with Gasteiger partial charge in [0, 0.05) is 11.4 Å². The van der Waals surface area contributed by atoms with Gasteiger partial charge in [-0.3, -0.25) is 9.97 Å². The summed E-state index contributed by atoms with van der Waals surface area (Å²) in [5, 5.41) is 2.43. The molecule has 0 saturated heterocycles. The highest BCUT2D eigenvalue weighted by atomic mass is 27.1. The largest absolute Gasteiger partial charge is 0.304 e. The molecule has 0 N–H and O–H groups in total. The smallest absolute Gasteiger partial charge is 0.254 e. The molecule has 0 fully saturated rings. The van der Waals surface area contributed by atoms with Gasteiger partial charge in [-0.2, -0.15) is 0 Å². The third kappa shape index (κ3) is 2.74. The summed E-state index contributed by atoms with van der Waals surface area (Å²) in [4.78, 5) is 9.53. The van der Waals surface area contributed by atoms with Crippen molar-refractivity contribution in [3.05, 3.63) is 72.1 Å². The summed E-state index contributed by atoms with van der Waals surface area (Å²) >= 11 is -0.00874. The number of rotatable bonds is 2. The van der Waals surface area contributed by atoms with Crippen LogP contribution in [0.1, 0.15) is 11.4 Å². The minimum absolute atomic E-state index is 0.00874. The maximum absolute atomic E-state index is 4.76. The Morgan fingerprint density at radius 1 is 0.652 bits per heavy atom. The van der Waals surface area contributed by atoms with Gasteiger partial charge >= 0.3 is 15.2 Å². The number of pyridine rings is 2. The second kappa shape index (κ2) is 5.77. The lowest BCUT2D eigenvalue weighted by molar-refractivity contribution is 1.27. The zero-order chi connectivity index (χ0) is 15.8. The molecule has 0 atom stereocenters. The van der Waals surface area contributed by atoms with E-state index in [1.54, 1.807) is 0 Å². The van der Waals surface area contributed by atoms with E-state index in [2.05, 4.69) is 62.4 Å². The van der Waals surface area contributed by atoms with E-state index >= 15 is 0 Å². The van der Waals surface area contributed by atoms with Gasteiger partial charge in [-0.25, -0.2) is 0 Å². The molecular formula is C20H16AlN2. The normalized spacial score (nSPS) is 11.0. The van der Waals surface area contributed by atoms with E-state index in [1.165, 1.54) is 19.6 Å². The standard InChI is InChI=1S/2C10H8N.Al/c2*1-8-6-7-9-4-2-3-5-10(9)11-8;/h2*2-5,7H,1H3;. The second-order valence-corrected chi connectivity index (χ2v) is 7.39. The average Bonchev–Trinajstić information content (AvgIpc) is 2.56. The fourth-order valence-corrected chi connectivity index (χ4v) is 4.32. The van der Waals surface area contributed by atoms with Crippen molar-refractivity contribution in [1.82, 2.24) is 9.97 Å². The lowest BCUT2D eigenvalue weighted by Gasteiger charge is -2.10. The second-order valence-electron chi connectivity index (χ2n) is 5.86. The Balaban J connectivity index is 1.81. The average molecular weight is 311 g/mol. The Morgan fingerprint density at radius 2 is 1.09 bits per heavy atom. The van der Waals surface area contributed by atoms with E-state index in [9.17, 15) is 0 Å². The Morgan fingerprint density at radius 3 is 1.57 bits per heavy atom. The molecule has 3 heteroatoms. The highest BCUT2D eigenvalue weighted by Crippen LogP contribution is 2.12. The van der Waals surface area contributed by atoms with Crippen LogP contribution in [0.25, 0.3) is 21.8 Å². The molecule has 0 saturated carbocycles. The predicted octanol–water partition coefficient (Wildman–Crippen LogP) is 3.05. The van der Waals surface area contributed by atoms with Crippen LogP contribution in [0, 0.1) is 13.8 Å². The summed E-state index contributed by atoms with van der Waals surface area (Å²) in [5.74, 6) is 0. The molecule has 2 heterocycles. The maximum atomic E-state index is 4.76. The first-order valence-corrected chi connectivity index (χ1v) is 8.94. The molecular weight excluding hydrogens is 295 g/mol. The Bertz CT molecular complexity index is 941. The van der Waals surface area contributed by atoms with Gasteiger partial charge < -0.3 is 0 Å². The zero-order valence-electron chi connectivity index (χ0n) is 13.2. The van der Waals surface area contributed by atoms with Crippen molar-refractivity contribution in [2.24, 2.45) is 0 Å². The minimum Gasteiger partial charge on any atom is -0.254 e. The van der Waals surface area contributed by atoms with E-state index in [0.717, 1.165) is 22.4 Å². The number of hydrogen-bond donors (Lipinski definition) is 0. The molecule has 0 bridgehead atoms. The first kappa shape index (κ1) is 14.4. The van der Waals surface area contributed by atoms with E-state index in [-0.39, 0.29) is 15.2 Å². The van der Waals surface area contributed by atoms with Gasteiger partial charge in [0.1, 0.15) is 0 Å². The zero-order valence-corrected chi connectivity index (χ0v) is 14.4. The summed E-state index contributed by atoms with van der Waals surface area (Å²) in [6.07, 6.45) is 0. The summed E-state index contributed by atoms with van der Waals surface area (Å²) in [5.41, 5.74) is 4.40. The van der Waals surface area contributed by atoms with Crippen molar-refractivity contribution in [2.45, 2.75) is 13.8 Å². The SMILES string of the molecule is Cc1nc2ccccc2c[c]1[Al][c]1cc2ccccc2nc1C. The molecule has 2 aromatic carbocycles. The van der Waals surface area contributed by atoms with Crippen LogP contribution in [0.3, 0.4) is 0 Å². The monoisotopic (exact) mass is 311 g/mol. The van der Waals surface area contributed by atoms with Crippen LogP contribution in [-0.2, 0) is 0 Å². The van der Waals surface area contributed by atoms with E-state index in [1.807, 2.05) is 12.1 Å². The van der Waals surface area contributed by atoms with E-state index < -0.39 is 0 Å². The number of aryl methyl sites for hydroxylation is 2. The van der Waals surface area contributed by atoms with Crippen LogP contribution in [0.2, 0.25) is 0 Å². The molecule has 2 aromatic heterocycles. The number of benzene rings is 2. The van der Waals surface area contributed by atoms with E-state index in [0.29, 0.717) is 0 Å². The van der Waals surface area contributed by atoms with Crippen molar-refractivity contribution >= 4 is 45.9 Å². The molecule has 0 aliphatic rings. The third-order valence-electron chi connectivity index (χ3n) is 4.22. The van der Waals surface area contributed by atoms with Crippen LogP contribution in [0.15, 0.2) is 60.7 Å². The highest BCUT2D eigenvalue weighted by Gasteiger charge is 2.10. The Labute approximate surface area is 141 Å². The number of para-hydroxylation sites is 2. The Hall–Kier alpha value is -2.21. The van der Waals surface area contributed by atoms with Crippen LogP contribution < -0.4 is 8.85 Å². The number of aromatic nitrogens is 2.